The predicted molar refractivity (Wildman–Crippen MR) is 70.4 cm³/mol. The molecule has 0 bridgehead atoms. The molecule has 0 saturated carbocycles. The number of morpholine rings is 1. The van der Waals surface area contributed by atoms with E-state index in [1.165, 1.54) is 0 Å². The Hall–Kier alpha value is -0.650. The maximum absolute atomic E-state index is 12.0. The van der Waals surface area contributed by atoms with Crippen molar-refractivity contribution in [1.29, 1.82) is 0 Å². The van der Waals surface area contributed by atoms with Crippen molar-refractivity contribution in [2.45, 2.75) is 38.6 Å². The largest absolute Gasteiger partial charge is 0.396 e. The lowest BCUT2D eigenvalue weighted by Gasteiger charge is -2.29. The van der Waals surface area contributed by atoms with Gasteiger partial charge in [-0.1, -0.05) is 12.8 Å². The van der Waals surface area contributed by atoms with E-state index in [1.54, 1.807) is 0 Å². The number of carbonyl (C=O) groups excluding carboxylic acids is 1. The van der Waals surface area contributed by atoms with Crippen LogP contribution in [-0.4, -0.2) is 61.4 Å². The van der Waals surface area contributed by atoms with Crippen LogP contribution >= 0.6 is 0 Å². The van der Waals surface area contributed by atoms with E-state index in [1.807, 2.05) is 11.8 Å². The first-order valence-corrected chi connectivity index (χ1v) is 6.96. The van der Waals surface area contributed by atoms with Crippen LogP contribution in [0.5, 0.6) is 0 Å². The zero-order valence-electron chi connectivity index (χ0n) is 11.4. The number of aliphatic hydroxyl groups excluding tert-OH is 1. The molecule has 1 fully saturated rings. The van der Waals surface area contributed by atoms with Gasteiger partial charge in [-0.05, 0) is 26.3 Å². The first-order valence-electron chi connectivity index (χ1n) is 6.96. The Balaban J connectivity index is 2.07. The topological polar surface area (TPSA) is 61.8 Å². The van der Waals surface area contributed by atoms with Crippen LogP contribution in [0.4, 0.5) is 0 Å². The molecule has 1 saturated heterocycles. The summed E-state index contributed by atoms with van der Waals surface area (Å²) < 4.78 is 5.23. The molecule has 0 aliphatic carbocycles. The molecule has 0 aromatic heterocycles. The molecule has 0 aromatic rings. The second-order valence-corrected chi connectivity index (χ2v) is 4.75. The van der Waals surface area contributed by atoms with Crippen LogP contribution in [0.3, 0.4) is 0 Å². The number of aliphatic hydroxyl groups is 1. The Labute approximate surface area is 109 Å². The standard InChI is InChI=1S/C13H26N2O3/c1-12(14-6-4-2-3-5-9-16)13(17)15-7-10-18-11-8-15/h12,14,16H,2-11H2,1H3. The molecule has 1 aliphatic heterocycles. The van der Waals surface area contributed by atoms with E-state index in [9.17, 15) is 4.79 Å². The van der Waals surface area contributed by atoms with Crippen LogP contribution in [0.2, 0.25) is 0 Å². The van der Waals surface area contributed by atoms with Gasteiger partial charge in [-0.2, -0.15) is 0 Å². The fourth-order valence-electron chi connectivity index (χ4n) is 2.05. The van der Waals surface area contributed by atoms with Gasteiger partial charge in [0.1, 0.15) is 0 Å². The molecule has 1 heterocycles. The lowest BCUT2D eigenvalue weighted by atomic mass is 10.2. The number of hydrogen-bond donors (Lipinski definition) is 2. The summed E-state index contributed by atoms with van der Waals surface area (Å²) >= 11 is 0. The summed E-state index contributed by atoms with van der Waals surface area (Å²) in [5, 5.41) is 11.9. The Morgan fingerprint density at radius 1 is 1.28 bits per heavy atom. The van der Waals surface area contributed by atoms with Crippen LogP contribution in [0.25, 0.3) is 0 Å². The summed E-state index contributed by atoms with van der Waals surface area (Å²) in [5.41, 5.74) is 0. The van der Waals surface area contributed by atoms with Crippen LogP contribution < -0.4 is 5.32 Å². The molecule has 0 aromatic carbocycles. The molecule has 5 nitrogen and oxygen atoms in total. The van der Waals surface area contributed by atoms with Crippen molar-refractivity contribution in [2.24, 2.45) is 0 Å². The average Bonchev–Trinajstić information content (AvgIpc) is 2.42. The molecular formula is C13H26N2O3. The minimum Gasteiger partial charge on any atom is -0.396 e. The van der Waals surface area contributed by atoms with Gasteiger partial charge < -0.3 is 20.1 Å². The number of amides is 1. The number of carbonyl (C=O) groups is 1. The summed E-state index contributed by atoms with van der Waals surface area (Å²) in [6, 6.07) is -0.110. The average molecular weight is 258 g/mol. The molecule has 1 amide bonds. The number of ether oxygens (including phenoxy) is 1. The fraction of sp³-hybridized carbons (Fsp3) is 0.923. The third-order valence-electron chi connectivity index (χ3n) is 3.23. The van der Waals surface area contributed by atoms with Crippen LogP contribution in [0.15, 0.2) is 0 Å². The predicted octanol–water partition coefficient (Wildman–Crippen LogP) is 0.376. The minimum absolute atomic E-state index is 0.110. The zero-order chi connectivity index (χ0) is 13.2. The molecule has 18 heavy (non-hydrogen) atoms. The minimum atomic E-state index is -0.110. The van der Waals surface area contributed by atoms with Crippen molar-refractivity contribution in [3.63, 3.8) is 0 Å². The normalized spacial score (nSPS) is 17.8. The fourth-order valence-corrected chi connectivity index (χ4v) is 2.05. The molecule has 1 rings (SSSR count). The van der Waals surface area contributed by atoms with E-state index in [2.05, 4.69) is 5.32 Å². The first-order chi connectivity index (χ1) is 8.75. The number of unbranched alkanes of at least 4 members (excludes halogenated alkanes) is 3. The highest BCUT2D eigenvalue weighted by molar-refractivity contribution is 5.81. The summed E-state index contributed by atoms with van der Waals surface area (Å²) in [6.07, 6.45) is 4.10. The summed E-state index contributed by atoms with van der Waals surface area (Å²) in [5.74, 6) is 0.175. The van der Waals surface area contributed by atoms with E-state index in [-0.39, 0.29) is 18.6 Å². The molecule has 1 aliphatic rings. The molecule has 0 radical (unpaired) electrons. The van der Waals surface area contributed by atoms with Gasteiger partial charge in [0.05, 0.1) is 19.3 Å². The van der Waals surface area contributed by atoms with Crippen LogP contribution in [-0.2, 0) is 9.53 Å². The highest BCUT2D eigenvalue weighted by Crippen LogP contribution is 2.02. The lowest BCUT2D eigenvalue weighted by molar-refractivity contribution is -0.137. The van der Waals surface area contributed by atoms with E-state index in [4.69, 9.17) is 9.84 Å². The summed E-state index contributed by atoms with van der Waals surface area (Å²) in [4.78, 5) is 13.9. The zero-order valence-corrected chi connectivity index (χ0v) is 11.4. The molecular weight excluding hydrogens is 232 g/mol. The van der Waals surface area contributed by atoms with Gasteiger partial charge in [0, 0.05) is 19.7 Å². The van der Waals surface area contributed by atoms with Gasteiger partial charge in [0.2, 0.25) is 5.91 Å². The molecule has 1 unspecified atom stereocenters. The second kappa shape index (κ2) is 9.30. The second-order valence-electron chi connectivity index (χ2n) is 4.75. The number of hydrogen-bond acceptors (Lipinski definition) is 4. The van der Waals surface area contributed by atoms with Crippen molar-refractivity contribution in [1.82, 2.24) is 10.2 Å². The number of rotatable bonds is 8. The number of nitrogens with one attached hydrogen (secondary N) is 1. The van der Waals surface area contributed by atoms with E-state index >= 15 is 0 Å². The molecule has 0 spiro atoms. The molecule has 2 N–H and O–H groups in total. The van der Waals surface area contributed by atoms with Gasteiger partial charge in [-0.15, -0.1) is 0 Å². The van der Waals surface area contributed by atoms with Gasteiger partial charge >= 0.3 is 0 Å². The van der Waals surface area contributed by atoms with Crippen molar-refractivity contribution < 1.29 is 14.6 Å². The summed E-state index contributed by atoms with van der Waals surface area (Å²) in [7, 11) is 0. The van der Waals surface area contributed by atoms with E-state index < -0.39 is 0 Å². The highest BCUT2D eigenvalue weighted by Gasteiger charge is 2.21. The SMILES string of the molecule is CC(NCCCCCCO)C(=O)N1CCOCC1. The van der Waals surface area contributed by atoms with Gasteiger partial charge in [-0.3, -0.25) is 4.79 Å². The third-order valence-corrected chi connectivity index (χ3v) is 3.23. The first kappa shape index (κ1) is 15.4. The molecule has 5 heteroatoms. The van der Waals surface area contributed by atoms with Crippen molar-refractivity contribution in [2.75, 3.05) is 39.5 Å². The molecule has 106 valence electrons. The Bertz CT molecular complexity index is 230. The summed E-state index contributed by atoms with van der Waals surface area (Å²) in [6.45, 7) is 5.79. The molecule has 1 atom stereocenters. The van der Waals surface area contributed by atoms with Gasteiger partial charge in [-0.25, -0.2) is 0 Å². The Kier molecular flexibility index (Phi) is 7.96. The van der Waals surface area contributed by atoms with Crippen LogP contribution in [0, 0.1) is 0 Å². The van der Waals surface area contributed by atoms with Crippen molar-refractivity contribution >= 4 is 5.91 Å². The Morgan fingerprint density at radius 2 is 1.94 bits per heavy atom. The highest BCUT2D eigenvalue weighted by atomic mass is 16.5. The Morgan fingerprint density at radius 3 is 2.61 bits per heavy atom. The maximum Gasteiger partial charge on any atom is 0.239 e. The van der Waals surface area contributed by atoms with Crippen molar-refractivity contribution in [3.05, 3.63) is 0 Å². The number of nitrogens with zero attached hydrogens (tertiary/aromatic N) is 1. The lowest BCUT2D eigenvalue weighted by Crippen LogP contribution is -2.49. The van der Waals surface area contributed by atoms with Crippen molar-refractivity contribution in [3.8, 4) is 0 Å². The quantitative estimate of drug-likeness (QED) is 0.618. The van der Waals surface area contributed by atoms with Crippen LogP contribution in [0.1, 0.15) is 32.6 Å². The third kappa shape index (κ3) is 5.80. The monoisotopic (exact) mass is 258 g/mol. The van der Waals surface area contributed by atoms with Gasteiger partial charge in [0.25, 0.3) is 0 Å². The van der Waals surface area contributed by atoms with Gasteiger partial charge in [0.15, 0.2) is 0 Å². The van der Waals surface area contributed by atoms with E-state index in [0.29, 0.717) is 26.3 Å². The van der Waals surface area contributed by atoms with E-state index in [0.717, 1.165) is 32.2 Å². The smallest absolute Gasteiger partial charge is 0.239 e. The maximum atomic E-state index is 12.0.